The first-order valence-electron chi connectivity index (χ1n) is 9.23. The summed E-state index contributed by atoms with van der Waals surface area (Å²) in [6, 6.07) is 11.5. The van der Waals surface area contributed by atoms with Gasteiger partial charge in [-0.3, -0.25) is 14.0 Å². The predicted molar refractivity (Wildman–Crippen MR) is 105 cm³/mol. The first-order valence-corrected chi connectivity index (χ1v) is 9.23. The molecule has 2 amide bonds. The zero-order valence-corrected chi connectivity index (χ0v) is 15.9. The van der Waals surface area contributed by atoms with Gasteiger partial charge in [-0.1, -0.05) is 32.0 Å². The van der Waals surface area contributed by atoms with Crippen LogP contribution in [0.15, 0.2) is 48.7 Å². The zero-order valence-electron chi connectivity index (χ0n) is 15.9. The van der Waals surface area contributed by atoms with E-state index in [0.29, 0.717) is 30.9 Å². The van der Waals surface area contributed by atoms with E-state index in [1.165, 1.54) is 12.1 Å². The Morgan fingerprint density at radius 2 is 1.82 bits per heavy atom. The third-order valence-corrected chi connectivity index (χ3v) is 4.25. The van der Waals surface area contributed by atoms with Crippen molar-refractivity contribution >= 4 is 17.3 Å². The van der Waals surface area contributed by atoms with Gasteiger partial charge in [0.1, 0.15) is 5.82 Å². The molecule has 3 aromatic rings. The maximum absolute atomic E-state index is 13.0. The van der Waals surface area contributed by atoms with E-state index in [9.17, 15) is 14.0 Å². The summed E-state index contributed by atoms with van der Waals surface area (Å²) in [6.07, 6.45) is 2.27. The van der Waals surface area contributed by atoms with Gasteiger partial charge in [-0.05, 0) is 42.2 Å². The van der Waals surface area contributed by atoms with Crippen molar-refractivity contribution in [2.45, 2.75) is 20.3 Å². The van der Waals surface area contributed by atoms with Gasteiger partial charge in [0.05, 0.1) is 5.52 Å². The lowest BCUT2D eigenvalue weighted by Gasteiger charge is -2.05. The number of carbonyl (C=O) groups is 2. The summed E-state index contributed by atoms with van der Waals surface area (Å²) < 4.78 is 14.6. The van der Waals surface area contributed by atoms with Gasteiger partial charge >= 0.3 is 0 Å². The molecule has 7 heteroatoms. The number of imidazole rings is 1. The van der Waals surface area contributed by atoms with Crippen LogP contribution < -0.4 is 10.6 Å². The normalized spacial score (nSPS) is 11.0. The first-order chi connectivity index (χ1) is 13.5. The molecule has 0 aliphatic carbocycles. The molecule has 0 aliphatic rings. The second-order valence-electron chi connectivity index (χ2n) is 6.98. The fraction of sp³-hybridized carbons (Fsp3) is 0.286. The molecule has 0 saturated heterocycles. The van der Waals surface area contributed by atoms with E-state index in [1.54, 1.807) is 40.9 Å². The van der Waals surface area contributed by atoms with E-state index in [2.05, 4.69) is 15.6 Å². The van der Waals surface area contributed by atoms with Crippen molar-refractivity contribution in [3.8, 4) is 0 Å². The van der Waals surface area contributed by atoms with Crippen LogP contribution in [0, 0.1) is 11.7 Å². The second-order valence-corrected chi connectivity index (χ2v) is 6.98. The molecular formula is C21H23FN4O2. The van der Waals surface area contributed by atoms with Crippen molar-refractivity contribution in [3.63, 3.8) is 0 Å². The van der Waals surface area contributed by atoms with Crippen molar-refractivity contribution in [3.05, 3.63) is 71.6 Å². The van der Waals surface area contributed by atoms with Crippen LogP contribution in [0.2, 0.25) is 0 Å². The van der Waals surface area contributed by atoms with Crippen LogP contribution in [0.5, 0.6) is 0 Å². The lowest BCUT2D eigenvalue weighted by atomic mass is 10.1. The van der Waals surface area contributed by atoms with Crippen molar-refractivity contribution in [1.29, 1.82) is 0 Å². The Bertz CT molecular complexity index is 980. The molecule has 1 aromatic carbocycles. The monoisotopic (exact) mass is 382 g/mol. The summed E-state index contributed by atoms with van der Waals surface area (Å²) in [5.74, 6) is -0.495. The molecule has 28 heavy (non-hydrogen) atoms. The Morgan fingerprint density at radius 1 is 1.07 bits per heavy atom. The molecule has 0 bridgehead atoms. The Labute approximate surface area is 162 Å². The van der Waals surface area contributed by atoms with Crippen LogP contribution in [0.3, 0.4) is 0 Å². The lowest BCUT2D eigenvalue weighted by molar-refractivity contribution is 0.0942. The van der Waals surface area contributed by atoms with Gasteiger partial charge in [0, 0.05) is 19.3 Å². The molecule has 2 aromatic heterocycles. The molecule has 0 fully saturated rings. The Kier molecular flexibility index (Phi) is 6.03. The quantitative estimate of drug-likeness (QED) is 0.660. The molecular weight excluding hydrogens is 359 g/mol. The lowest BCUT2D eigenvalue weighted by Crippen LogP contribution is -2.29. The highest BCUT2D eigenvalue weighted by atomic mass is 19.1. The number of nitrogens with zero attached hydrogens (tertiary/aromatic N) is 2. The van der Waals surface area contributed by atoms with Gasteiger partial charge in [0.2, 0.25) is 5.82 Å². The third-order valence-electron chi connectivity index (χ3n) is 4.25. The van der Waals surface area contributed by atoms with E-state index in [0.717, 1.165) is 5.56 Å². The molecule has 0 aliphatic heterocycles. The summed E-state index contributed by atoms with van der Waals surface area (Å²) in [5.41, 5.74) is 1.72. The number of nitrogens with one attached hydrogen (secondary N) is 2. The van der Waals surface area contributed by atoms with E-state index in [4.69, 9.17) is 0 Å². The summed E-state index contributed by atoms with van der Waals surface area (Å²) in [5, 5.41) is 5.64. The van der Waals surface area contributed by atoms with Gasteiger partial charge in [-0.2, -0.15) is 0 Å². The van der Waals surface area contributed by atoms with Gasteiger partial charge in [0.15, 0.2) is 5.69 Å². The minimum absolute atomic E-state index is 0.157. The summed E-state index contributed by atoms with van der Waals surface area (Å²) in [6.45, 7) is 4.92. The highest BCUT2D eigenvalue weighted by Gasteiger charge is 2.21. The van der Waals surface area contributed by atoms with Crippen LogP contribution in [0.4, 0.5) is 4.39 Å². The number of rotatable bonds is 7. The van der Waals surface area contributed by atoms with Gasteiger partial charge in [0.25, 0.3) is 11.8 Å². The molecule has 6 nitrogen and oxygen atoms in total. The number of fused-ring (bicyclic) bond motifs is 1. The van der Waals surface area contributed by atoms with E-state index < -0.39 is 0 Å². The topological polar surface area (TPSA) is 75.5 Å². The number of hydrogen-bond acceptors (Lipinski definition) is 3. The van der Waals surface area contributed by atoms with Crippen LogP contribution >= 0.6 is 0 Å². The number of pyridine rings is 1. The van der Waals surface area contributed by atoms with Crippen molar-refractivity contribution < 1.29 is 14.0 Å². The highest BCUT2D eigenvalue weighted by Crippen LogP contribution is 2.13. The van der Waals surface area contributed by atoms with Gasteiger partial charge in [-0.25, -0.2) is 9.37 Å². The molecule has 2 N–H and O–H groups in total. The third kappa shape index (κ3) is 4.54. The van der Waals surface area contributed by atoms with Crippen LogP contribution in [0.25, 0.3) is 5.52 Å². The molecule has 0 saturated carbocycles. The minimum atomic E-state index is -0.369. The number of hydrogen-bond donors (Lipinski definition) is 2. The van der Waals surface area contributed by atoms with E-state index in [-0.39, 0.29) is 29.1 Å². The zero-order chi connectivity index (χ0) is 20.1. The summed E-state index contributed by atoms with van der Waals surface area (Å²) >= 11 is 0. The predicted octanol–water partition coefficient (Wildman–Crippen LogP) is 2.83. The van der Waals surface area contributed by atoms with Gasteiger partial charge in [-0.15, -0.1) is 0 Å². The SMILES string of the molecule is CC(C)CNC(=O)c1nc(C(=O)NCCc2ccc(F)cc2)n2ccccc12. The molecule has 146 valence electrons. The fourth-order valence-corrected chi connectivity index (χ4v) is 2.80. The number of amides is 2. The second kappa shape index (κ2) is 8.65. The number of halogens is 1. The van der Waals surface area contributed by atoms with Gasteiger partial charge < -0.3 is 10.6 Å². The first kappa shape index (κ1) is 19.5. The average molecular weight is 382 g/mol. The van der Waals surface area contributed by atoms with E-state index in [1.807, 2.05) is 13.8 Å². The highest BCUT2D eigenvalue weighted by molar-refractivity contribution is 6.02. The summed E-state index contributed by atoms with van der Waals surface area (Å²) in [7, 11) is 0. The Balaban J connectivity index is 1.73. The van der Waals surface area contributed by atoms with Crippen molar-refractivity contribution in [2.24, 2.45) is 5.92 Å². The van der Waals surface area contributed by atoms with Crippen LogP contribution in [-0.4, -0.2) is 34.3 Å². The maximum Gasteiger partial charge on any atom is 0.287 e. The van der Waals surface area contributed by atoms with Crippen molar-refractivity contribution in [2.75, 3.05) is 13.1 Å². The molecule has 3 rings (SSSR count). The molecule has 0 unspecified atom stereocenters. The van der Waals surface area contributed by atoms with Crippen LogP contribution in [-0.2, 0) is 6.42 Å². The number of benzene rings is 1. The fourth-order valence-electron chi connectivity index (χ4n) is 2.80. The molecule has 2 heterocycles. The Morgan fingerprint density at radius 3 is 2.54 bits per heavy atom. The largest absolute Gasteiger partial charge is 0.350 e. The molecule has 0 spiro atoms. The maximum atomic E-state index is 13.0. The number of carbonyl (C=O) groups excluding carboxylic acids is 2. The number of aromatic nitrogens is 2. The van der Waals surface area contributed by atoms with Crippen LogP contribution in [0.1, 0.15) is 40.5 Å². The summed E-state index contributed by atoms with van der Waals surface area (Å²) in [4.78, 5) is 29.4. The molecule has 0 atom stereocenters. The minimum Gasteiger partial charge on any atom is -0.350 e. The standard InChI is InChI=1S/C21H23FN4O2/c1-14(2)13-24-20(27)18-17-5-3-4-12-26(17)19(25-18)21(28)23-11-10-15-6-8-16(22)9-7-15/h3-9,12,14H,10-11,13H2,1-2H3,(H,23,28)(H,24,27). The van der Waals surface area contributed by atoms with Crippen molar-refractivity contribution in [1.82, 2.24) is 20.0 Å². The Hall–Kier alpha value is -3.22. The molecule has 0 radical (unpaired) electrons. The van der Waals surface area contributed by atoms with E-state index >= 15 is 0 Å². The smallest absolute Gasteiger partial charge is 0.287 e. The average Bonchev–Trinajstić information content (AvgIpc) is 3.07.